The highest BCUT2D eigenvalue weighted by atomic mass is 16.6. The van der Waals surface area contributed by atoms with Crippen LogP contribution >= 0.6 is 0 Å². The number of fused-ring (bicyclic) bond motifs is 1. The van der Waals surface area contributed by atoms with Crippen molar-refractivity contribution in [3.8, 4) is 11.5 Å². The van der Waals surface area contributed by atoms with Gasteiger partial charge < -0.3 is 24.7 Å². The maximum absolute atomic E-state index is 13.5. The number of likely N-dealkylation sites (tertiary alicyclic amines) is 1. The van der Waals surface area contributed by atoms with E-state index in [2.05, 4.69) is 20.3 Å². The predicted octanol–water partition coefficient (Wildman–Crippen LogP) is 4.56. The lowest BCUT2D eigenvalue weighted by Gasteiger charge is -2.25. The molecule has 4 heterocycles. The number of H-pyrrole nitrogens is 1. The Labute approximate surface area is 220 Å². The first-order valence-electron chi connectivity index (χ1n) is 13.0. The molecule has 2 aliphatic rings. The molecule has 4 aromatic rings. The number of carbonyl (C=O) groups is 2. The fraction of sp³-hybridized carbons (Fsp3) is 0.310. The molecule has 2 fully saturated rings. The van der Waals surface area contributed by atoms with Crippen molar-refractivity contribution in [1.82, 2.24) is 19.9 Å². The van der Waals surface area contributed by atoms with Crippen LogP contribution in [0.15, 0.2) is 67.1 Å². The Balaban J connectivity index is 1.22. The van der Waals surface area contributed by atoms with E-state index in [1.165, 1.54) is 6.33 Å². The Morgan fingerprint density at radius 3 is 2.58 bits per heavy atom. The molecular weight excluding hydrogens is 482 g/mol. The Morgan fingerprint density at radius 1 is 1.05 bits per heavy atom. The van der Waals surface area contributed by atoms with E-state index in [1.54, 1.807) is 30.5 Å². The Hall–Kier alpha value is -4.24. The molecule has 0 bridgehead atoms. The number of nitrogens with zero attached hydrogens (tertiary/aromatic N) is 3. The van der Waals surface area contributed by atoms with E-state index in [1.807, 2.05) is 42.2 Å². The topological polar surface area (TPSA) is 113 Å². The minimum Gasteiger partial charge on any atom is -0.457 e. The molecule has 0 spiro atoms. The SMILES string of the molecule is CC1OC1C(=O)N1CCCCC(Nc2ncnc3[nH]cc(C(=O)c4ccc(Oc5ccccc5)cc4)c23)C1. The second kappa shape index (κ2) is 10.3. The second-order valence-electron chi connectivity index (χ2n) is 9.80. The average molecular weight is 512 g/mol. The minimum absolute atomic E-state index is 0.000812. The number of hydrogen-bond acceptors (Lipinski definition) is 7. The minimum atomic E-state index is -0.321. The van der Waals surface area contributed by atoms with Gasteiger partial charge in [0, 0.05) is 30.9 Å². The van der Waals surface area contributed by atoms with Crippen molar-refractivity contribution in [3.63, 3.8) is 0 Å². The van der Waals surface area contributed by atoms with Crippen LogP contribution < -0.4 is 10.1 Å². The van der Waals surface area contributed by atoms with Crippen LogP contribution in [0.5, 0.6) is 11.5 Å². The molecule has 1 amide bonds. The number of hydrogen-bond donors (Lipinski definition) is 2. The van der Waals surface area contributed by atoms with Crippen LogP contribution in [0.1, 0.15) is 42.1 Å². The number of ether oxygens (including phenoxy) is 2. The fourth-order valence-corrected chi connectivity index (χ4v) is 4.98. The van der Waals surface area contributed by atoms with Crippen molar-refractivity contribution in [2.45, 2.75) is 44.4 Å². The lowest BCUT2D eigenvalue weighted by molar-refractivity contribution is -0.132. The monoisotopic (exact) mass is 511 g/mol. The summed E-state index contributed by atoms with van der Waals surface area (Å²) >= 11 is 0. The molecule has 0 saturated carbocycles. The van der Waals surface area contributed by atoms with Crippen molar-refractivity contribution in [2.75, 3.05) is 18.4 Å². The lowest BCUT2D eigenvalue weighted by atomic mass is 10.0. The third kappa shape index (κ3) is 4.97. The number of anilines is 1. The summed E-state index contributed by atoms with van der Waals surface area (Å²) in [4.78, 5) is 40.2. The van der Waals surface area contributed by atoms with Crippen molar-refractivity contribution in [1.29, 1.82) is 0 Å². The third-order valence-corrected chi connectivity index (χ3v) is 7.09. The highest BCUT2D eigenvalue weighted by Crippen LogP contribution is 2.29. The van der Waals surface area contributed by atoms with E-state index >= 15 is 0 Å². The molecule has 2 saturated heterocycles. The summed E-state index contributed by atoms with van der Waals surface area (Å²) in [6.45, 7) is 3.20. The molecule has 38 heavy (non-hydrogen) atoms. The van der Waals surface area contributed by atoms with E-state index in [0.717, 1.165) is 31.6 Å². The zero-order valence-electron chi connectivity index (χ0n) is 21.1. The van der Waals surface area contributed by atoms with Crippen LogP contribution in [-0.4, -0.2) is 62.9 Å². The fourth-order valence-electron chi connectivity index (χ4n) is 4.98. The molecule has 0 radical (unpaired) electrons. The molecule has 2 aromatic carbocycles. The number of para-hydroxylation sites is 1. The summed E-state index contributed by atoms with van der Waals surface area (Å²) in [7, 11) is 0. The molecular formula is C29H29N5O4. The van der Waals surface area contributed by atoms with Gasteiger partial charge in [0.2, 0.25) is 0 Å². The number of aromatic amines is 1. The van der Waals surface area contributed by atoms with E-state index in [-0.39, 0.29) is 29.9 Å². The van der Waals surface area contributed by atoms with Gasteiger partial charge in [-0.15, -0.1) is 0 Å². The largest absolute Gasteiger partial charge is 0.457 e. The van der Waals surface area contributed by atoms with Crippen molar-refractivity contribution in [3.05, 3.63) is 78.2 Å². The summed E-state index contributed by atoms with van der Waals surface area (Å²) in [5, 5.41) is 4.15. The van der Waals surface area contributed by atoms with Gasteiger partial charge in [0.25, 0.3) is 5.91 Å². The van der Waals surface area contributed by atoms with Crippen LogP contribution in [0.3, 0.4) is 0 Å². The van der Waals surface area contributed by atoms with E-state index in [0.29, 0.717) is 40.3 Å². The summed E-state index contributed by atoms with van der Waals surface area (Å²) in [6.07, 6.45) is 5.66. The zero-order chi connectivity index (χ0) is 26.1. The summed E-state index contributed by atoms with van der Waals surface area (Å²) in [5.41, 5.74) is 1.60. The summed E-state index contributed by atoms with van der Waals surface area (Å²) < 4.78 is 11.3. The van der Waals surface area contributed by atoms with E-state index in [9.17, 15) is 9.59 Å². The number of nitrogens with one attached hydrogen (secondary N) is 2. The van der Waals surface area contributed by atoms with Gasteiger partial charge in [0.05, 0.1) is 17.1 Å². The number of carbonyl (C=O) groups excluding carboxylic acids is 2. The van der Waals surface area contributed by atoms with E-state index < -0.39 is 0 Å². The second-order valence-corrected chi connectivity index (χ2v) is 9.80. The van der Waals surface area contributed by atoms with Crippen LogP contribution in [0, 0.1) is 0 Å². The van der Waals surface area contributed by atoms with Crippen molar-refractivity contribution in [2.24, 2.45) is 0 Å². The molecule has 3 atom stereocenters. The molecule has 2 N–H and O–H groups in total. The molecule has 9 heteroatoms. The lowest BCUT2D eigenvalue weighted by Crippen LogP contribution is -2.41. The number of amides is 1. The Morgan fingerprint density at radius 2 is 1.82 bits per heavy atom. The van der Waals surface area contributed by atoms with Gasteiger partial charge in [-0.1, -0.05) is 18.2 Å². The third-order valence-electron chi connectivity index (χ3n) is 7.09. The number of rotatable bonds is 7. The summed E-state index contributed by atoms with van der Waals surface area (Å²) in [5.74, 6) is 1.87. The number of aromatic nitrogens is 3. The van der Waals surface area contributed by atoms with Crippen molar-refractivity contribution < 1.29 is 19.1 Å². The van der Waals surface area contributed by atoms with Crippen LogP contribution in [0.25, 0.3) is 11.0 Å². The molecule has 9 nitrogen and oxygen atoms in total. The molecule has 0 aliphatic carbocycles. The molecule has 6 rings (SSSR count). The molecule has 3 unspecified atom stereocenters. The maximum atomic E-state index is 13.5. The number of epoxide rings is 1. The quantitative estimate of drug-likeness (QED) is 0.276. The standard InChI is InChI=1S/C29H29N5O4/c1-18-26(37-18)29(36)34-14-6-5-7-20(16-34)33-28-24-23(15-30-27(24)31-17-32-28)25(35)19-10-12-22(13-11-19)38-21-8-3-2-4-9-21/h2-4,8-13,15,17-18,20,26H,5-7,14,16H2,1H3,(H2,30,31,32,33). The normalized spacial score (nSPS) is 21.1. The first-order valence-corrected chi connectivity index (χ1v) is 13.0. The zero-order valence-corrected chi connectivity index (χ0v) is 21.1. The van der Waals surface area contributed by atoms with Gasteiger partial charge in [-0.3, -0.25) is 9.59 Å². The Bertz CT molecular complexity index is 1450. The summed E-state index contributed by atoms with van der Waals surface area (Å²) in [6, 6.07) is 16.6. The van der Waals surface area contributed by atoms with Gasteiger partial charge in [0.1, 0.15) is 29.3 Å². The van der Waals surface area contributed by atoms with Crippen molar-refractivity contribution >= 4 is 28.5 Å². The smallest absolute Gasteiger partial charge is 0.254 e. The van der Waals surface area contributed by atoms with Crippen LogP contribution in [0.4, 0.5) is 5.82 Å². The van der Waals surface area contributed by atoms with Gasteiger partial charge in [-0.25, -0.2) is 9.97 Å². The van der Waals surface area contributed by atoms with Crippen LogP contribution in [-0.2, 0) is 9.53 Å². The number of ketones is 1. The molecule has 2 aliphatic heterocycles. The van der Waals surface area contributed by atoms with E-state index in [4.69, 9.17) is 9.47 Å². The highest BCUT2D eigenvalue weighted by Gasteiger charge is 2.44. The van der Waals surface area contributed by atoms with Gasteiger partial charge in [-0.05, 0) is 62.6 Å². The molecule has 194 valence electrons. The van der Waals surface area contributed by atoms with Gasteiger partial charge >= 0.3 is 0 Å². The predicted molar refractivity (Wildman–Crippen MR) is 142 cm³/mol. The highest BCUT2D eigenvalue weighted by molar-refractivity contribution is 6.18. The average Bonchev–Trinajstić information content (AvgIpc) is 3.59. The van der Waals surface area contributed by atoms with Gasteiger partial charge in [-0.2, -0.15) is 0 Å². The Kier molecular flexibility index (Phi) is 6.51. The van der Waals surface area contributed by atoms with Crippen LogP contribution in [0.2, 0.25) is 0 Å². The first kappa shape index (κ1) is 24.1. The van der Waals surface area contributed by atoms with Gasteiger partial charge in [0.15, 0.2) is 11.9 Å². The maximum Gasteiger partial charge on any atom is 0.254 e. The first-order chi connectivity index (χ1) is 18.6. The number of benzene rings is 2. The molecule has 2 aromatic heterocycles.